The molecule has 1 heterocycles. The lowest BCUT2D eigenvalue weighted by Crippen LogP contribution is -2.18. The zero-order valence-electron chi connectivity index (χ0n) is 12.1. The molecular formula is C19H12ClNO2. The van der Waals surface area contributed by atoms with Crippen molar-refractivity contribution in [1.82, 2.24) is 0 Å². The van der Waals surface area contributed by atoms with Crippen LogP contribution in [-0.2, 0) is 9.53 Å². The number of hydrogen-bond acceptors (Lipinski definition) is 3. The van der Waals surface area contributed by atoms with Crippen LogP contribution in [-0.4, -0.2) is 12.2 Å². The van der Waals surface area contributed by atoms with Crippen LogP contribution in [0.1, 0.15) is 17.2 Å². The molecule has 0 aliphatic carbocycles. The smallest absolute Gasteiger partial charge is 0.222 e. The van der Waals surface area contributed by atoms with E-state index in [1.54, 1.807) is 12.1 Å². The standard InChI is InChI=1S/C19H12ClNO2/c20-13-8-9-17-16(10-13)18(11-22)23-19(21-17)15-7-3-5-12-4-1-2-6-14(12)15/h1-11,18H. The van der Waals surface area contributed by atoms with Crippen LogP contribution in [0.2, 0.25) is 5.02 Å². The summed E-state index contributed by atoms with van der Waals surface area (Å²) < 4.78 is 5.83. The normalized spacial score (nSPS) is 16.4. The average molecular weight is 322 g/mol. The minimum atomic E-state index is -0.699. The number of benzene rings is 3. The molecular weight excluding hydrogens is 310 g/mol. The Hall–Kier alpha value is -2.65. The first-order valence-corrected chi connectivity index (χ1v) is 7.62. The second-order valence-corrected chi connectivity index (χ2v) is 5.76. The van der Waals surface area contributed by atoms with Gasteiger partial charge in [0.25, 0.3) is 0 Å². The van der Waals surface area contributed by atoms with Gasteiger partial charge in [0.15, 0.2) is 12.4 Å². The topological polar surface area (TPSA) is 38.7 Å². The molecule has 0 amide bonds. The number of carbonyl (C=O) groups is 1. The summed E-state index contributed by atoms with van der Waals surface area (Å²) in [6, 6.07) is 19.2. The second-order valence-electron chi connectivity index (χ2n) is 5.32. The summed E-state index contributed by atoms with van der Waals surface area (Å²) in [5.74, 6) is 0.453. The summed E-state index contributed by atoms with van der Waals surface area (Å²) in [6.45, 7) is 0. The van der Waals surface area contributed by atoms with Crippen molar-refractivity contribution in [2.45, 2.75) is 6.10 Å². The predicted octanol–water partition coefficient (Wildman–Crippen LogP) is 4.84. The molecule has 4 rings (SSSR count). The van der Waals surface area contributed by atoms with Gasteiger partial charge in [-0.1, -0.05) is 48.0 Å². The molecule has 0 saturated carbocycles. The predicted molar refractivity (Wildman–Crippen MR) is 91.5 cm³/mol. The number of aliphatic imine (C=N–C) groups is 1. The molecule has 1 aliphatic heterocycles. The van der Waals surface area contributed by atoms with Crippen LogP contribution in [0.5, 0.6) is 0 Å². The highest BCUT2D eigenvalue weighted by atomic mass is 35.5. The van der Waals surface area contributed by atoms with Crippen LogP contribution >= 0.6 is 11.6 Å². The maximum atomic E-state index is 11.5. The molecule has 0 bridgehead atoms. The SMILES string of the molecule is O=CC1OC(c2cccc3ccccc23)=Nc2ccc(Cl)cc21. The molecule has 3 aromatic rings. The van der Waals surface area contributed by atoms with Crippen LogP contribution in [0, 0.1) is 0 Å². The third-order valence-electron chi connectivity index (χ3n) is 3.90. The summed E-state index contributed by atoms with van der Waals surface area (Å²) in [7, 11) is 0. The molecule has 0 spiro atoms. The Balaban J connectivity index is 1.92. The molecule has 0 aromatic heterocycles. The Morgan fingerprint density at radius 3 is 2.74 bits per heavy atom. The third-order valence-corrected chi connectivity index (χ3v) is 4.14. The Morgan fingerprint density at radius 2 is 1.87 bits per heavy atom. The van der Waals surface area contributed by atoms with Gasteiger partial charge in [0, 0.05) is 16.1 Å². The van der Waals surface area contributed by atoms with Crippen molar-refractivity contribution in [3.8, 4) is 0 Å². The van der Waals surface area contributed by atoms with E-state index in [0.29, 0.717) is 22.2 Å². The molecule has 23 heavy (non-hydrogen) atoms. The number of nitrogens with zero attached hydrogens (tertiary/aromatic N) is 1. The van der Waals surface area contributed by atoms with Crippen molar-refractivity contribution in [3.63, 3.8) is 0 Å². The molecule has 0 radical (unpaired) electrons. The van der Waals surface area contributed by atoms with Gasteiger partial charge in [0.05, 0.1) is 5.69 Å². The average Bonchev–Trinajstić information content (AvgIpc) is 2.60. The number of carbonyl (C=O) groups excluding carboxylic acids is 1. The van der Waals surface area contributed by atoms with Crippen molar-refractivity contribution in [2.75, 3.05) is 0 Å². The number of aldehydes is 1. The summed E-state index contributed by atoms with van der Waals surface area (Å²) >= 11 is 6.01. The van der Waals surface area contributed by atoms with E-state index in [-0.39, 0.29) is 0 Å². The van der Waals surface area contributed by atoms with Crippen LogP contribution in [0.15, 0.2) is 65.7 Å². The van der Waals surface area contributed by atoms with Gasteiger partial charge in [-0.25, -0.2) is 4.99 Å². The van der Waals surface area contributed by atoms with Crippen LogP contribution in [0.25, 0.3) is 10.8 Å². The first-order chi connectivity index (χ1) is 11.3. The molecule has 4 heteroatoms. The molecule has 1 atom stereocenters. The van der Waals surface area contributed by atoms with Gasteiger partial charge in [-0.15, -0.1) is 0 Å². The summed E-state index contributed by atoms with van der Waals surface area (Å²) in [5.41, 5.74) is 2.27. The van der Waals surface area contributed by atoms with Gasteiger partial charge in [0.1, 0.15) is 0 Å². The van der Waals surface area contributed by atoms with Crippen molar-refractivity contribution < 1.29 is 9.53 Å². The van der Waals surface area contributed by atoms with E-state index in [1.807, 2.05) is 48.5 Å². The van der Waals surface area contributed by atoms with Gasteiger partial charge >= 0.3 is 0 Å². The highest BCUT2D eigenvalue weighted by molar-refractivity contribution is 6.30. The fourth-order valence-electron chi connectivity index (χ4n) is 2.81. The van der Waals surface area contributed by atoms with Crippen molar-refractivity contribution in [1.29, 1.82) is 0 Å². The summed E-state index contributed by atoms with van der Waals surface area (Å²) in [4.78, 5) is 16.0. The maximum Gasteiger partial charge on any atom is 0.222 e. The van der Waals surface area contributed by atoms with Gasteiger partial charge in [-0.3, -0.25) is 4.79 Å². The molecule has 0 fully saturated rings. The van der Waals surface area contributed by atoms with Crippen LogP contribution in [0.3, 0.4) is 0 Å². The highest BCUT2D eigenvalue weighted by Crippen LogP contribution is 2.36. The minimum absolute atomic E-state index is 0.453. The Morgan fingerprint density at radius 1 is 1.04 bits per heavy atom. The van der Waals surface area contributed by atoms with Crippen LogP contribution < -0.4 is 0 Å². The highest BCUT2D eigenvalue weighted by Gasteiger charge is 2.25. The number of rotatable bonds is 2. The van der Waals surface area contributed by atoms with Crippen molar-refractivity contribution >= 4 is 40.2 Å². The fourth-order valence-corrected chi connectivity index (χ4v) is 2.99. The van der Waals surface area contributed by atoms with Gasteiger partial charge in [-0.05, 0) is 35.0 Å². The van der Waals surface area contributed by atoms with Gasteiger partial charge < -0.3 is 4.74 Å². The molecule has 1 aliphatic rings. The van der Waals surface area contributed by atoms with Crippen LogP contribution in [0.4, 0.5) is 5.69 Å². The number of ether oxygens (including phenoxy) is 1. The van der Waals surface area contributed by atoms with Crippen molar-refractivity contribution in [3.05, 3.63) is 76.8 Å². The van der Waals surface area contributed by atoms with E-state index >= 15 is 0 Å². The molecule has 0 N–H and O–H groups in total. The monoisotopic (exact) mass is 321 g/mol. The van der Waals surface area contributed by atoms with E-state index in [9.17, 15) is 4.79 Å². The van der Waals surface area contributed by atoms with E-state index in [1.165, 1.54) is 0 Å². The summed E-state index contributed by atoms with van der Waals surface area (Å²) in [6.07, 6.45) is 0.0739. The quantitative estimate of drug-likeness (QED) is 0.633. The van der Waals surface area contributed by atoms with E-state index in [4.69, 9.17) is 16.3 Å². The maximum absolute atomic E-state index is 11.5. The zero-order chi connectivity index (χ0) is 15.8. The van der Waals surface area contributed by atoms with E-state index < -0.39 is 6.10 Å². The molecule has 3 nitrogen and oxygen atoms in total. The number of halogens is 1. The van der Waals surface area contributed by atoms with E-state index in [2.05, 4.69) is 4.99 Å². The lowest BCUT2D eigenvalue weighted by molar-refractivity contribution is -0.114. The second kappa shape index (κ2) is 5.52. The first-order valence-electron chi connectivity index (χ1n) is 7.24. The van der Waals surface area contributed by atoms with Gasteiger partial charge in [0.2, 0.25) is 5.90 Å². The van der Waals surface area contributed by atoms with E-state index in [0.717, 1.165) is 22.6 Å². The first kappa shape index (κ1) is 14.0. The lowest BCUT2D eigenvalue weighted by atomic mass is 10.0. The minimum Gasteiger partial charge on any atom is -0.461 e. The molecule has 112 valence electrons. The zero-order valence-corrected chi connectivity index (χ0v) is 12.8. The molecule has 0 saturated heterocycles. The van der Waals surface area contributed by atoms with Crippen molar-refractivity contribution in [2.24, 2.45) is 4.99 Å². The number of hydrogen-bond donors (Lipinski definition) is 0. The Bertz CT molecular complexity index is 944. The molecule has 1 unspecified atom stereocenters. The largest absolute Gasteiger partial charge is 0.461 e. The summed E-state index contributed by atoms with van der Waals surface area (Å²) in [5, 5.41) is 2.69. The van der Waals surface area contributed by atoms with Gasteiger partial charge in [-0.2, -0.15) is 0 Å². The lowest BCUT2D eigenvalue weighted by Gasteiger charge is -2.23. The molecule has 3 aromatic carbocycles. The fraction of sp³-hybridized carbons (Fsp3) is 0.0526. The Labute approximate surface area is 138 Å². The Kier molecular flexibility index (Phi) is 3.36. The third kappa shape index (κ3) is 2.39. The number of fused-ring (bicyclic) bond motifs is 2.